The molecular weight excluding hydrogens is 307 g/mol. The number of aliphatic hydroxyl groups excluding tert-OH is 1. The lowest BCUT2D eigenvalue weighted by Gasteiger charge is -2.30. The zero-order chi connectivity index (χ0) is 16.2. The van der Waals surface area contributed by atoms with Crippen LogP contribution in [0.5, 0.6) is 0 Å². The van der Waals surface area contributed by atoms with Crippen LogP contribution in [0.3, 0.4) is 0 Å². The van der Waals surface area contributed by atoms with Crippen LogP contribution in [0.15, 0.2) is 0 Å². The number of halogens is 9. The van der Waals surface area contributed by atoms with Gasteiger partial charge >= 0.3 is 23.9 Å². The van der Waals surface area contributed by atoms with Gasteiger partial charge in [0.25, 0.3) is 0 Å². The van der Waals surface area contributed by atoms with Gasteiger partial charge in [0, 0.05) is 6.42 Å². The summed E-state index contributed by atoms with van der Waals surface area (Å²) in [4.78, 5) is 0. The third kappa shape index (κ3) is 3.51. The molecule has 0 aromatic heterocycles. The summed E-state index contributed by atoms with van der Waals surface area (Å²) in [5.41, 5.74) is 0. The molecule has 1 nitrogen and oxygen atoms in total. The summed E-state index contributed by atoms with van der Waals surface area (Å²) in [7, 11) is 0. The third-order valence-electron chi connectivity index (χ3n) is 1.75. The highest BCUT2D eigenvalue weighted by Crippen LogP contribution is 2.52. The molecular formula is C10H5F9O. The number of rotatable bonds is 3. The Morgan fingerprint density at radius 2 is 1.25 bits per heavy atom. The topological polar surface area (TPSA) is 20.2 Å². The first-order chi connectivity index (χ1) is 8.81. The maximum atomic E-state index is 12.7. The lowest BCUT2D eigenvalue weighted by molar-refractivity contribution is -0.386. The van der Waals surface area contributed by atoms with Gasteiger partial charge in [0.15, 0.2) is 0 Å². The van der Waals surface area contributed by atoms with Gasteiger partial charge in [0.1, 0.15) is 0 Å². The molecule has 0 bridgehead atoms. The van der Waals surface area contributed by atoms with Crippen molar-refractivity contribution in [2.75, 3.05) is 6.61 Å². The Morgan fingerprint density at radius 1 is 0.750 bits per heavy atom. The van der Waals surface area contributed by atoms with Crippen LogP contribution in [0.4, 0.5) is 39.5 Å². The van der Waals surface area contributed by atoms with E-state index in [1.54, 1.807) is 0 Å². The van der Waals surface area contributed by atoms with E-state index >= 15 is 0 Å². The van der Waals surface area contributed by atoms with E-state index in [1.807, 2.05) is 5.92 Å². The average Bonchev–Trinajstić information content (AvgIpc) is 2.26. The number of hydrogen-bond acceptors (Lipinski definition) is 1. The molecule has 0 rings (SSSR count). The van der Waals surface area contributed by atoms with Crippen molar-refractivity contribution in [1.29, 1.82) is 0 Å². The Hall–Kier alpha value is -1.55. The minimum atomic E-state index is -6.96. The van der Waals surface area contributed by atoms with Crippen LogP contribution in [-0.4, -0.2) is 35.7 Å². The predicted molar refractivity (Wildman–Crippen MR) is 48.2 cm³/mol. The van der Waals surface area contributed by atoms with Gasteiger partial charge in [-0.15, -0.1) is 0 Å². The van der Waals surface area contributed by atoms with E-state index < -0.39 is 30.6 Å². The van der Waals surface area contributed by atoms with E-state index in [1.165, 1.54) is 5.92 Å². The fraction of sp³-hybridized carbons (Fsp3) is 0.600. The summed E-state index contributed by atoms with van der Waals surface area (Å²) in [6, 6.07) is 0. The van der Waals surface area contributed by atoms with E-state index in [9.17, 15) is 39.5 Å². The fourth-order valence-electron chi connectivity index (χ4n) is 0.726. The summed E-state index contributed by atoms with van der Waals surface area (Å²) in [5, 5.41) is 8.21. The molecule has 20 heavy (non-hydrogen) atoms. The van der Waals surface area contributed by atoms with Crippen LogP contribution in [0.25, 0.3) is 0 Å². The molecule has 0 aromatic rings. The third-order valence-corrected chi connectivity index (χ3v) is 1.75. The maximum absolute atomic E-state index is 12.7. The molecule has 0 radical (unpaired) electrons. The largest absolute Gasteiger partial charge is 0.460 e. The van der Waals surface area contributed by atoms with Crippen LogP contribution in [0.1, 0.15) is 6.42 Å². The number of hydrogen-bond donors (Lipinski definition) is 1. The smallest absolute Gasteiger partial charge is 0.395 e. The van der Waals surface area contributed by atoms with Crippen LogP contribution in [-0.2, 0) is 0 Å². The Morgan fingerprint density at radius 3 is 1.65 bits per heavy atom. The van der Waals surface area contributed by atoms with Gasteiger partial charge in [-0.05, 0) is 17.8 Å². The summed E-state index contributed by atoms with van der Waals surface area (Å²) in [5.74, 6) is -15.0. The van der Waals surface area contributed by atoms with Crippen LogP contribution in [0, 0.1) is 23.7 Å². The SMILES string of the molecule is OCCC#CC#CC(F)(F)C(F)(F)C(F)(F)C(F)(F)F. The second-order valence-electron chi connectivity index (χ2n) is 3.25. The minimum Gasteiger partial charge on any atom is -0.395 e. The molecule has 10 heteroatoms. The van der Waals surface area contributed by atoms with Gasteiger partial charge in [-0.25, -0.2) is 0 Å². The zero-order valence-corrected chi connectivity index (χ0v) is 9.26. The Labute approximate surface area is 106 Å². The summed E-state index contributed by atoms with van der Waals surface area (Å²) in [6.07, 6.45) is -7.14. The summed E-state index contributed by atoms with van der Waals surface area (Å²) in [6.45, 7) is -0.507. The highest BCUT2D eigenvalue weighted by Gasteiger charge is 2.81. The van der Waals surface area contributed by atoms with Gasteiger partial charge < -0.3 is 5.11 Å². The summed E-state index contributed by atoms with van der Waals surface area (Å²) < 4.78 is 110. The van der Waals surface area contributed by atoms with Gasteiger partial charge in [-0.3, -0.25) is 0 Å². The molecule has 0 aliphatic carbocycles. The van der Waals surface area contributed by atoms with Crippen molar-refractivity contribution < 1.29 is 44.6 Å². The molecule has 0 heterocycles. The molecule has 0 aromatic carbocycles. The van der Waals surface area contributed by atoms with Crippen molar-refractivity contribution >= 4 is 0 Å². The first-order valence-electron chi connectivity index (χ1n) is 4.62. The minimum absolute atomic E-state index is 0.268. The molecule has 1 N–H and O–H groups in total. The van der Waals surface area contributed by atoms with E-state index in [-0.39, 0.29) is 12.3 Å². The van der Waals surface area contributed by atoms with Gasteiger partial charge in [0.05, 0.1) is 6.61 Å². The molecule has 114 valence electrons. The second-order valence-corrected chi connectivity index (χ2v) is 3.25. The van der Waals surface area contributed by atoms with Crippen molar-refractivity contribution in [2.45, 2.75) is 30.4 Å². The lowest BCUT2D eigenvalue weighted by Crippen LogP contribution is -2.60. The Bertz CT molecular complexity index is 455. The van der Waals surface area contributed by atoms with Crippen LogP contribution < -0.4 is 0 Å². The average molecular weight is 312 g/mol. The number of aliphatic hydroxyl groups is 1. The molecule has 0 unspecified atom stereocenters. The molecule has 0 saturated heterocycles. The standard InChI is InChI=1S/C10H5F9O/c11-7(12,5-3-1-2-4-6-20)8(13,14)9(15,16)10(17,18)19/h20H,4,6H2. The quantitative estimate of drug-likeness (QED) is 0.628. The first kappa shape index (κ1) is 18.4. The molecule has 0 aliphatic rings. The van der Waals surface area contributed by atoms with Crippen molar-refractivity contribution in [3.8, 4) is 23.7 Å². The van der Waals surface area contributed by atoms with Gasteiger partial charge in [-0.2, -0.15) is 39.5 Å². The summed E-state index contributed by atoms with van der Waals surface area (Å²) >= 11 is 0. The molecule has 0 atom stereocenters. The Kier molecular flexibility index (Phi) is 5.38. The lowest BCUT2D eigenvalue weighted by atomic mass is 10.0. The van der Waals surface area contributed by atoms with Crippen molar-refractivity contribution in [3.05, 3.63) is 0 Å². The Balaban J connectivity index is 5.44. The zero-order valence-electron chi connectivity index (χ0n) is 9.26. The molecule has 0 fully saturated rings. The van der Waals surface area contributed by atoms with Gasteiger partial charge in [-0.1, -0.05) is 5.92 Å². The van der Waals surface area contributed by atoms with Crippen molar-refractivity contribution in [2.24, 2.45) is 0 Å². The van der Waals surface area contributed by atoms with Crippen LogP contribution in [0.2, 0.25) is 0 Å². The fourth-order valence-corrected chi connectivity index (χ4v) is 0.726. The monoisotopic (exact) mass is 312 g/mol. The van der Waals surface area contributed by atoms with E-state index in [0.29, 0.717) is 0 Å². The van der Waals surface area contributed by atoms with E-state index in [0.717, 1.165) is 5.92 Å². The highest BCUT2D eigenvalue weighted by atomic mass is 19.4. The van der Waals surface area contributed by atoms with Gasteiger partial charge in [0.2, 0.25) is 0 Å². The van der Waals surface area contributed by atoms with E-state index in [4.69, 9.17) is 5.11 Å². The highest BCUT2D eigenvalue weighted by molar-refractivity contribution is 5.31. The normalized spacial score (nSPS) is 13.1. The first-order valence-corrected chi connectivity index (χ1v) is 4.62. The number of alkyl halides is 9. The van der Waals surface area contributed by atoms with Crippen molar-refractivity contribution in [3.63, 3.8) is 0 Å². The van der Waals surface area contributed by atoms with Crippen molar-refractivity contribution in [1.82, 2.24) is 0 Å². The van der Waals surface area contributed by atoms with Crippen LogP contribution >= 0.6 is 0 Å². The molecule has 0 aliphatic heterocycles. The molecule has 0 spiro atoms. The predicted octanol–water partition coefficient (Wildman–Crippen LogP) is 2.84. The van der Waals surface area contributed by atoms with E-state index in [2.05, 4.69) is 0 Å². The second kappa shape index (κ2) is 5.83. The molecule has 0 saturated carbocycles. The maximum Gasteiger partial charge on any atom is 0.460 e. The molecule has 0 amide bonds.